The van der Waals surface area contributed by atoms with E-state index >= 15 is 0 Å². The van der Waals surface area contributed by atoms with Crippen molar-refractivity contribution in [2.45, 2.75) is 36.8 Å². The number of methoxy groups -OCH3 is 1. The standard InChI is InChI=1S/C26H31ClN2O5/c1-29(14-17-34-20-6-4-3-5-7-20)26(12-15-33-16-13-26)24(31)28-25(10-11-25)21-9-8-19(18-22(21)27)23(30)32-2/h3-9,18H,10-17H2,1-2H3,(H,28,31). The largest absolute Gasteiger partial charge is 0.492 e. The molecule has 2 aromatic rings. The molecule has 0 bridgehead atoms. The minimum absolute atomic E-state index is 0.0244. The molecule has 0 aromatic heterocycles. The van der Waals surface area contributed by atoms with Crippen molar-refractivity contribution >= 4 is 23.5 Å². The van der Waals surface area contributed by atoms with Gasteiger partial charge in [0.2, 0.25) is 5.91 Å². The van der Waals surface area contributed by atoms with E-state index in [0.29, 0.717) is 49.8 Å². The van der Waals surface area contributed by atoms with Gasteiger partial charge >= 0.3 is 5.97 Å². The van der Waals surface area contributed by atoms with Gasteiger partial charge in [0, 0.05) is 24.8 Å². The first-order valence-electron chi connectivity index (χ1n) is 11.6. The zero-order chi connectivity index (χ0) is 24.2. The van der Waals surface area contributed by atoms with E-state index in [1.54, 1.807) is 12.1 Å². The number of nitrogens with one attached hydrogen (secondary N) is 1. The number of benzene rings is 2. The van der Waals surface area contributed by atoms with Crippen LogP contribution in [0.4, 0.5) is 0 Å². The quantitative estimate of drug-likeness (QED) is 0.543. The number of carbonyl (C=O) groups is 2. The Balaban J connectivity index is 1.47. The molecule has 1 saturated heterocycles. The Hall–Kier alpha value is -2.61. The van der Waals surface area contributed by atoms with Gasteiger partial charge in [0.15, 0.2) is 0 Å². The number of ether oxygens (including phenoxy) is 3. The summed E-state index contributed by atoms with van der Waals surface area (Å²) in [5, 5.41) is 3.76. The topological polar surface area (TPSA) is 77.1 Å². The van der Waals surface area contributed by atoms with Crippen LogP contribution >= 0.6 is 11.6 Å². The fraction of sp³-hybridized carbons (Fsp3) is 0.462. The number of amides is 1. The molecule has 1 heterocycles. The zero-order valence-electron chi connectivity index (χ0n) is 19.6. The van der Waals surface area contributed by atoms with Crippen molar-refractivity contribution in [3.8, 4) is 5.75 Å². The first-order valence-corrected chi connectivity index (χ1v) is 12.0. The lowest BCUT2D eigenvalue weighted by Gasteiger charge is -2.43. The third kappa shape index (κ3) is 5.06. The molecule has 182 valence electrons. The van der Waals surface area contributed by atoms with Crippen LogP contribution in [0, 0.1) is 0 Å². The van der Waals surface area contributed by atoms with Gasteiger partial charge in [-0.3, -0.25) is 9.69 Å². The molecule has 0 atom stereocenters. The van der Waals surface area contributed by atoms with Gasteiger partial charge in [-0.25, -0.2) is 4.79 Å². The van der Waals surface area contributed by atoms with Gasteiger partial charge in [-0.2, -0.15) is 0 Å². The highest BCUT2D eigenvalue weighted by molar-refractivity contribution is 6.32. The Kier molecular flexibility index (Phi) is 7.45. The predicted molar refractivity (Wildman–Crippen MR) is 129 cm³/mol. The van der Waals surface area contributed by atoms with Gasteiger partial charge < -0.3 is 19.5 Å². The summed E-state index contributed by atoms with van der Waals surface area (Å²) in [5.74, 6) is 0.342. The van der Waals surface area contributed by atoms with Crippen molar-refractivity contribution in [3.05, 3.63) is 64.7 Å². The average molecular weight is 487 g/mol. The minimum atomic E-state index is -0.688. The van der Waals surface area contributed by atoms with E-state index in [2.05, 4.69) is 10.2 Å². The molecule has 2 aliphatic rings. The molecule has 8 heteroatoms. The highest BCUT2D eigenvalue weighted by Crippen LogP contribution is 2.49. The summed E-state index contributed by atoms with van der Waals surface area (Å²) in [6, 6.07) is 14.8. The number of hydrogen-bond acceptors (Lipinski definition) is 6. The number of hydrogen-bond donors (Lipinski definition) is 1. The van der Waals surface area contributed by atoms with E-state index in [-0.39, 0.29) is 5.91 Å². The molecule has 2 aromatic carbocycles. The lowest BCUT2D eigenvalue weighted by molar-refractivity contribution is -0.140. The summed E-state index contributed by atoms with van der Waals surface area (Å²) in [7, 11) is 3.30. The smallest absolute Gasteiger partial charge is 0.337 e. The van der Waals surface area contributed by atoms with Crippen LogP contribution in [0.25, 0.3) is 0 Å². The van der Waals surface area contributed by atoms with Crippen LogP contribution in [0.3, 0.4) is 0 Å². The fourth-order valence-corrected chi connectivity index (χ4v) is 4.95. The lowest BCUT2D eigenvalue weighted by atomic mass is 9.86. The summed E-state index contributed by atoms with van der Waals surface area (Å²) in [6.45, 7) is 2.13. The number of likely N-dealkylation sites (N-methyl/N-ethyl adjacent to an activating group) is 1. The molecule has 1 amide bonds. The van der Waals surface area contributed by atoms with Gasteiger partial charge in [0.1, 0.15) is 17.9 Å². The highest BCUT2D eigenvalue weighted by atomic mass is 35.5. The van der Waals surface area contributed by atoms with E-state index in [9.17, 15) is 9.59 Å². The normalized spacial score (nSPS) is 18.2. The molecule has 7 nitrogen and oxygen atoms in total. The molecular formula is C26H31ClN2O5. The first kappa shape index (κ1) is 24.5. The van der Waals surface area contributed by atoms with E-state index in [1.165, 1.54) is 7.11 Å². The van der Waals surface area contributed by atoms with Crippen LogP contribution in [0.15, 0.2) is 48.5 Å². The Morgan fingerprint density at radius 2 is 1.79 bits per heavy atom. The van der Waals surface area contributed by atoms with Crippen molar-refractivity contribution in [1.82, 2.24) is 10.2 Å². The number of carbonyl (C=O) groups excluding carboxylic acids is 2. The Morgan fingerprint density at radius 3 is 2.41 bits per heavy atom. The molecule has 1 saturated carbocycles. The summed E-state index contributed by atoms with van der Waals surface area (Å²) in [4.78, 5) is 27.7. The molecule has 1 N–H and O–H groups in total. The molecule has 4 rings (SSSR count). The monoisotopic (exact) mass is 486 g/mol. The van der Waals surface area contributed by atoms with E-state index in [0.717, 1.165) is 24.2 Å². The van der Waals surface area contributed by atoms with Crippen LogP contribution in [-0.2, 0) is 19.8 Å². The van der Waals surface area contributed by atoms with E-state index in [4.69, 9.17) is 25.8 Å². The third-order valence-corrected chi connectivity index (χ3v) is 7.23. The predicted octanol–water partition coefficient (Wildman–Crippen LogP) is 3.79. The van der Waals surface area contributed by atoms with Crippen LogP contribution in [0.1, 0.15) is 41.6 Å². The minimum Gasteiger partial charge on any atom is -0.492 e. The van der Waals surface area contributed by atoms with Gasteiger partial charge in [0.05, 0.1) is 18.2 Å². The van der Waals surface area contributed by atoms with Crippen molar-refractivity contribution in [2.24, 2.45) is 0 Å². The molecule has 0 radical (unpaired) electrons. The molecule has 0 spiro atoms. The van der Waals surface area contributed by atoms with Crippen LogP contribution in [0.2, 0.25) is 5.02 Å². The van der Waals surface area contributed by atoms with Gasteiger partial charge in [-0.05, 0) is 62.6 Å². The van der Waals surface area contributed by atoms with Crippen molar-refractivity contribution in [1.29, 1.82) is 0 Å². The molecular weight excluding hydrogens is 456 g/mol. The number of nitrogens with zero attached hydrogens (tertiary/aromatic N) is 1. The number of halogens is 1. The Bertz CT molecular complexity index is 1020. The summed E-state index contributed by atoms with van der Waals surface area (Å²) in [6.07, 6.45) is 2.80. The fourth-order valence-electron chi connectivity index (χ4n) is 4.59. The summed E-state index contributed by atoms with van der Waals surface area (Å²) < 4.78 is 16.2. The maximum atomic E-state index is 13.8. The second-order valence-electron chi connectivity index (χ2n) is 8.95. The van der Waals surface area contributed by atoms with Gasteiger partial charge in [0.25, 0.3) is 0 Å². The summed E-state index contributed by atoms with van der Waals surface area (Å²) in [5.41, 5.74) is 0.00631. The summed E-state index contributed by atoms with van der Waals surface area (Å²) >= 11 is 6.54. The molecule has 34 heavy (non-hydrogen) atoms. The van der Waals surface area contributed by atoms with Crippen molar-refractivity contribution < 1.29 is 23.8 Å². The SMILES string of the molecule is COC(=O)c1ccc(C2(NC(=O)C3(N(C)CCOc4ccccc4)CCOCC3)CC2)c(Cl)c1. The number of rotatable bonds is 9. The first-order chi connectivity index (χ1) is 16.4. The Morgan fingerprint density at radius 1 is 1.09 bits per heavy atom. The van der Waals surface area contributed by atoms with Crippen LogP contribution < -0.4 is 10.1 Å². The zero-order valence-corrected chi connectivity index (χ0v) is 20.4. The van der Waals surface area contributed by atoms with Gasteiger partial charge in [-0.15, -0.1) is 0 Å². The number of esters is 1. The third-order valence-electron chi connectivity index (χ3n) is 6.92. The second-order valence-corrected chi connectivity index (χ2v) is 9.36. The average Bonchev–Trinajstić information content (AvgIpc) is 3.64. The second kappa shape index (κ2) is 10.3. The maximum absolute atomic E-state index is 13.8. The highest BCUT2D eigenvalue weighted by Gasteiger charge is 2.52. The molecule has 2 fully saturated rings. The molecule has 0 unspecified atom stereocenters. The van der Waals surface area contributed by atoms with Crippen LogP contribution in [0.5, 0.6) is 5.75 Å². The van der Waals surface area contributed by atoms with Crippen LogP contribution in [-0.4, -0.2) is 62.8 Å². The van der Waals surface area contributed by atoms with Crippen molar-refractivity contribution in [3.63, 3.8) is 0 Å². The van der Waals surface area contributed by atoms with E-state index < -0.39 is 17.0 Å². The molecule has 1 aliphatic heterocycles. The van der Waals surface area contributed by atoms with Gasteiger partial charge in [-0.1, -0.05) is 35.9 Å². The van der Waals surface area contributed by atoms with Crippen molar-refractivity contribution in [2.75, 3.05) is 40.5 Å². The van der Waals surface area contributed by atoms with E-state index in [1.807, 2.05) is 43.4 Å². The Labute approximate surface area is 205 Å². The molecule has 1 aliphatic carbocycles. The maximum Gasteiger partial charge on any atom is 0.337 e. The lowest BCUT2D eigenvalue weighted by Crippen LogP contribution is -2.62. The number of para-hydroxylation sites is 1.